The van der Waals surface area contributed by atoms with E-state index in [2.05, 4.69) is 0 Å². The Hall–Kier alpha value is -0.470. The van der Waals surface area contributed by atoms with Crippen LogP contribution in [0.4, 0.5) is 0 Å². The summed E-state index contributed by atoms with van der Waals surface area (Å²) in [5, 5.41) is 10.1. The van der Waals surface area contributed by atoms with Crippen molar-refractivity contribution < 1.29 is 5.11 Å². The van der Waals surface area contributed by atoms with Gasteiger partial charge in [0.05, 0.1) is 6.61 Å². The lowest BCUT2D eigenvalue weighted by Gasteiger charge is -1.95. The molecule has 2 heteroatoms. The first-order chi connectivity index (χ1) is 4.93. The van der Waals surface area contributed by atoms with Gasteiger partial charge >= 0.3 is 0 Å². The Morgan fingerprint density at radius 3 is 2.50 bits per heavy atom. The zero-order valence-corrected chi connectivity index (χ0v) is 6.43. The van der Waals surface area contributed by atoms with Crippen LogP contribution in [0.25, 0.3) is 0 Å². The van der Waals surface area contributed by atoms with Crippen LogP contribution in [-0.2, 0) is 5.11 Å². The molecule has 1 rings (SSSR count). The molecule has 0 unspecified atom stereocenters. The molecule has 1 aromatic rings. The molecule has 0 aliphatic rings. The molecule has 0 atom stereocenters. The van der Waals surface area contributed by atoms with Gasteiger partial charge in [-0.05, 0) is 12.1 Å². The monoisotopic (exact) mass is 153 g/mol. The fourth-order valence-electron chi connectivity index (χ4n) is 0.676. The second-order valence-electron chi connectivity index (χ2n) is 1.87. The van der Waals surface area contributed by atoms with Crippen LogP contribution in [0, 0.1) is 0 Å². The predicted octanol–water partition coefficient (Wildman–Crippen LogP) is 2.21. The van der Waals surface area contributed by atoms with E-state index < -0.39 is 0 Å². The third kappa shape index (κ3) is 2.42. The molecule has 1 nitrogen and oxygen atoms in total. The van der Waals surface area contributed by atoms with Crippen molar-refractivity contribution in [2.24, 2.45) is 0 Å². The molecule has 0 saturated heterocycles. The van der Waals surface area contributed by atoms with Crippen LogP contribution in [0.3, 0.4) is 0 Å². The Morgan fingerprint density at radius 1 is 1.20 bits per heavy atom. The molecule has 0 saturated carbocycles. The zero-order valence-electron chi connectivity index (χ0n) is 5.62. The lowest BCUT2D eigenvalue weighted by molar-refractivity contribution is 0.215. The van der Waals surface area contributed by atoms with Gasteiger partial charge in [-0.15, -0.1) is 11.8 Å². The van der Waals surface area contributed by atoms with Crippen LogP contribution in [-0.4, -0.2) is 12.4 Å². The van der Waals surface area contributed by atoms with Gasteiger partial charge in [-0.25, -0.2) is 5.11 Å². The van der Waals surface area contributed by atoms with Crippen LogP contribution in [0.1, 0.15) is 0 Å². The van der Waals surface area contributed by atoms with Crippen LogP contribution in [0.15, 0.2) is 35.2 Å². The van der Waals surface area contributed by atoms with Gasteiger partial charge in [0.15, 0.2) is 0 Å². The Morgan fingerprint density at radius 2 is 1.90 bits per heavy atom. The van der Waals surface area contributed by atoms with Gasteiger partial charge in [0, 0.05) is 10.6 Å². The molecule has 1 radical (unpaired) electrons. The second kappa shape index (κ2) is 4.36. The van der Waals surface area contributed by atoms with Crippen molar-refractivity contribution in [3.63, 3.8) is 0 Å². The van der Waals surface area contributed by atoms with E-state index in [0.29, 0.717) is 5.75 Å². The third-order valence-electron chi connectivity index (χ3n) is 1.10. The maximum Gasteiger partial charge on any atom is 0.0916 e. The van der Waals surface area contributed by atoms with E-state index in [4.69, 9.17) is 0 Å². The fraction of sp³-hybridized carbons (Fsp3) is 0.250. The first-order valence-electron chi connectivity index (χ1n) is 3.19. The number of hydrogen-bond acceptors (Lipinski definition) is 1. The van der Waals surface area contributed by atoms with Gasteiger partial charge in [0.1, 0.15) is 0 Å². The summed E-state index contributed by atoms with van der Waals surface area (Å²) in [6, 6.07) is 9.96. The topological polar surface area (TPSA) is 19.9 Å². The molecule has 0 spiro atoms. The molecule has 0 aromatic heterocycles. The SMILES string of the molecule is [O]CCSc1ccccc1. The van der Waals surface area contributed by atoms with Gasteiger partial charge in [0.2, 0.25) is 0 Å². The van der Waals surface area contributed by atoms with E-state index in [1.54, 1.807) is 11.8 Å². The minimum atomic E-state index is -0.000436. The summed E-state index contributed by atoms with van der Waals surface area (Å²) in [5.41, 5.74) is 0. The minimum absolute atomic E-state index is 0.000436. The van der Waals surface area contributed by atoms with Gasteiger partial charge < -0.3 is 0 Å². The maximum absolute atomic E-state index is 10.1. The standard InChI is InChI=1S/C8H9OS/c9-6-7-10-8-4-2-1-3-5-8/h1-5H,6-7H2. The summed E-state index contributed by atoms with van der Waals surface area (Å²) < 4.78 is 0. The molecular formula is C8H9OS. The number of rotatable bonds is 3. The van der Waals surface area contributed by atoms with E-state index in [9.17, 15) is 5.11 Å². The largest absolute Gasteiger partial charge is 0.236 e. The van der Waals surface area contributed by atoms with E-state index in [1.165, 1.54) is 4.90 Å². The molecule has 0 aliphatic heterocycles. The van der Waals surface area contributed by atoms with Crippen LogP contribution < -0.4 is 0 Å². The average Bonchev–Trinajstić information content (AvgIpc) is 2.03. The quantitative estimate of drug-likeness (QED) is 0.609. The Labute approximate surface area is 65.1 Å². The summed E-state index contributed by atoms with van der Waals surface area (Å²) in [7, 11) is 0. The molecule has 0 aliphatic carbocycles. The highest BCUT2D eigenvalue weighted by Gasteiger charge is 1.89. The van der Waals surface area contributed by atoms with Crippen LogP contribution in [0.5, 0.6) is 0 Å². The Balaban J connectivity index is 2.43. The minimum Gasteiger partial charge on any atom is -0.236 e. The summed E-state index contributed by atoms with van der Waals surface area (Å²) in [5.74, 6) is 0.671. The summed E-state index contributed by atoms with van der Waals surface area (Å²) in [6.45, 7) is -0.000436. The van der Waals surface area contributed by atoms with Crippen LogP contribution >= 0.6 is 11.8 Å². The van der Waals surface area contributed by atoms with E-state index in [-0.39, 0.29) is 6.61 Å². The lowest BCUT2D eigenvalue weighted by Crippen LogP contribution is -1.82. The zero-order chi connectivity index (χ0) is 7.23. The van der Waals surface area contributed by atoms with Gasteiger partial charge in [-0.3, -0.25) is 0 Å². The summed E-state index contributed by atoms with van der Waals surface area (Å²) in [6.07, 6.45) is 0. The molecule has 0 bridgehead atoms. The van der Waals surface area contributed by atoms with Crippen molar-refractivity contribution in [2.45, 2.75) is 4.90 Å². The lowest BCUT2D eigenvalue weighted by atomic mass is 10.4. The molecular weight excluding hydrogens is 144 g/mol. The third-order valence-corrected chi connectivity index (χ3v) is 2.07. The van der Waals surface area contributed by atoms with Crippen LogP contribution in [0.2, 0.25) is 0 Å². The van der Waals surface area contributed by atoms with E-state index in [1.807, 2.05) is 30.3 Å². The fourth-order valence-corrected chi connectivity index (χ4v) is 1.34. The molecule has 10 heavy (non-hydrogen) atoms. The predicted molar refractivity (Wildman–Crippen MR) is 42.7 cm³/mol. The van der Waals surface area contributed by atoms with Crippen molar-refractivity contribution >= 4 is 11.8 Å². The van der Waals surface area contributed by atoms with Crippen molar-refractivity contribution in [1.82, 2.24) is 0 Å². The molecule has 0 fully saturated rings. The first kappa shape index (κ1) is 7.63. The Kier molecular flexibility index (Phi) is 3.33. The summed E-state index contributed by atoms with van der Waals surface area (Å²) >= 11 is 1.61. The average molecular weight is 153 g/mol. The smallest absolute Gasteiger partial charge is 0.0916 e. The van der Waals surface area contributed by atoms with Crippen molar-refractivity contribution in [1.29, 1.82) is 0 Å². The maximum atomic E-state index is 10.1. The van der Waals surface area contributed by atoms with Gasteiger partial charge in [-0.1, -0.05) is 18.2 Å². The molecule has 0 N–H and O–H groups in total. The van der Waals surface area contributed by atoms with Gasteiger partial charge in [0.25, 0.3) is 0 Å². The molecule has 1 aromatic carbocycles. The summed E-state index contributed by atoms with van der Waals surface area (Å²) in [4.78, 5) is 1.18. The molecule has 0 heterocycles. The van der Waals surface area contributed by atoms with Gasteiger partial charge in [-0.2, -0.15) is 0 Å². The normalized spacial score (nSPS) is 9.70. The molecule has 0 amide bonds. The van der Waals surface area contributed by atoms with Crippen molar-refractivity contribution in [2.75, 3.05) is 12.4 Å². The van der Waals surface area contributed by atoms with Crippen molar-refractivity contribution in [3.8, 4) is 0 Å². The van der Waals surface area contributed by atoms with E-state index >= 15 is 0 Å². The number of thioether (sulfide) groups is 1. The van der Waals surface area contributed by atoms with E-state index in [0.717, 1.165) is 0 Å². The molecule has 53 valence electrons. The highest BCUT2D eigenvalue weighted by atomic mass is 32.2. The van der Waals surface area contributed by atoms with Crippen molar-refractivity contribution in [3.05, 3.63) is 30.3 Å². The number of hydrogen-bond donors (Lipinski definition) is 0. The highest BCUT2D eigenvalue weighted by molar-refractivity contribution is 7.99. The highest BCUT2D eigenvalue weighted by Crippen LogP contribution is 2.15. The first-order valence-corrected chi connectivity index (χ1v) is 4.18. The Bertz CT molecular complexity index is 174. The number of benzene rings is 1. The second-order valence-corrected chi connectivity index (χ2v) is 3.03.